The Bertz CT molecular complexity index is 497. The Labute approximate surface area is 102 Å². The van der Waals surface area contributed by atoms with Gasteiger partial charge in [0.1, 0.15) is 11.6 Å². The second-order valence-electron chi connectivity index (χ2n) is 4.34. The molecule has 5 nitrogen and oxygen atoms in total. The zero-order valence-electron chi connectivity index (χ0n) is 9.47. The molecule has 0 spiro atoms. The summed E-state index contributed by atoms with van der Waals surface area (Å²) in [6, 6.07) is 3.20. The van der Waals surface area contributed by atoms with Gasteiger partial charge < -0.3 is 15.1 Å². The van der Waals surface area contributed by atoms with Gasteiger partial charge in [-0.25, -0.2) is 4.39 Å². The summed E-state index contributed by atoms with van der Waals surface area (Å²) in [4.78, 5) is 23.8. The summed E-state index contributed by atoms with van der Waals surface area (Å²) in [6.45, 7) is 0.698. The summed E-state index contributed by atoms with van der Waals surface area (Å²) >= 11 is 0. The monoisotopic (exact) mass is 253 g/mol. The van der Waals surface area contributed by atoms with Crippen LogP contribution in [0.5, 0.6) is 5.75 Å². The first kappa shape index (κ1) is 12.3. The number of aliphatic carboxylic acids is 1. The Morgan fingerprint density at radius 2 is 2.06 bits per heavy atom. The first-order valence-electron chi connectivity index (χ1n) is 5.47. The Hall–Kier alpha value is -2.11. The number of hydrogen-bond donors (Lipinski definition) is 2. The fourth-order valence-electron chi connectivity index (χ4n) is 1.97. The molecule has 1 fully saturated rings. The van der Waals surface area contributed by atoms with E-state index in [4.69, 9.17) is 5.11 Å². The molecule has 0 aromatic heterocycles. The van der Waals surface area contributed by atoms with E-state index in [1.807, 2.05) is 0 Å². The molecule has 2 N–H and O–H groups in total. The van der Waals surface area contributed by atoms with Crippen molar-refractivity contribution in [3.05, 3.63) is 29.6 Å². The molecule has 18 heavy (non-hydrogen) atoms. The third-order valence-corrected chi connectivity index (χ3v) is 2.90. The molecule has 1 amide bonds. The van der Waals surface area contributed by atoms with Crippen LogP contribution in [0.3, 0.4) is 0 Å². The summed E-state index contributed by atoms with van der Waals surface area (Å²) in [7, 11) is 0. The number of carbonyl (C=O) groups excluding carboxylic acids is 1. The van der Waals surface area contributed by atoms with Crippen LogP contribution >= 0.6 is 0 Å². The maximum absolute atomic E-state index is 12.8. The molecule has 0 saturated carbocycles. The van der Waals surface area contributed by atoms with Crippen molar-refractivity contribution < 1.29 is 24.2 Å². The lowest BCUT2D eigenvalue weighted by Gasteiger charge is -2.38. The van der Waals surface area contributed by atoms with Gasteiger partial charge in [-0.1, -0.05) is 0 Å². The van der Waals surface area contributed by atoms with E-state index >= 15 is 0 Å². The number of halogens is 1. The number of likely N-dealkylation sites (tertiary alicyclic amines) is 1. The van der Waals surface area contributed by atoms with Crippen molar-refractivity contribution in [1.82, 2.24) is 4.90 Å². The fourth-order valence-corrected chi connectivity index (χ4v) is 1.97. The Morgan fingerprint density at radius 1 is 1.39 bits per heavy atom. The van der Waals surface area contributed by atoms with E-state index in [0.717, 1.165) is 12.1 Å². The van der Waals surface area contributed by atoms with Crippen LogP contribution in [0.4, 0.5) is 4.39 Å². The van der Waals surface area contributed by atoms with Crippen LogP contribution in [0, 0.1) is 11.7 Å². The van der Waals surface area contributed by atoms with Crippen molar-refractivity contribution in [2.45, 2.75) is 6.42 Å². The van der Waals surface area contributed by atoms with Crippen LogP contribution < -0.4 is 0 Å². The number of carboxylic acids is 1. The number of amides is 1. The zero-order chi connectivity index (χ0) is 13.3. The molecule has 1 aromatic rings. The van der Waals surface area contributed by atoms with Crippen molar-refractivity contribution in [1.29, 1.82) is 0 Å². The van der Waals surface area contributed by atoms with E-state index < -0.39 is 23.4 Å². The largest absolute Gasteiger partial charge is 0.507 e. The average molecular weight is 253 g/mol. The molecule has 1 aliphatic heterocycles. The molecule has 1 aliphatic rings. The van der Waals surface area contributed by atoms with E-state index in [1.54, 1.807) is 0 Å². The molecule has 1 saturated heterocycles. The highest BCUT2D eigenvalue weighted by atomic mass is 19.1. The molecule has 0 aliphatic carbocycles. The molecule has 0 radical (unpaired) electrons. The number of carbonyl (C=O) groups is 2. The first-order valence-corrected chi connectivity index (χ1v) is 5.47. The maximum atomic E-state index is 12.8. The summed E-state index contributed by atoms with van der Waals surface area (Å²) < 4.78 is 12.8. The average Bonchev–Trinajstić information content (AvgIpc) is 2.21. The van der Waals surface area contributed by atoms with Gasteiger partial charge in [0.25, 0.3) is 5.91 Å². The third kappa shape index (κ3) is 2.42. The first-order chi connectivity index (χ1) is 8.47. The zero-order valence-corrected chi connectivity index (χ0v) is 9.47. The SMILES string of the molecule is O=C(O)CC1CN(C(=O)c2ccc(F)cc2O)C1. The second kappa shape index (κ2) is 4.64. The number of aromatic hydroxyl groups is 1. The summed E-state index contributed by atoms with van der Waals surface area (Å²) in [6.07, 6.45) is 0.0270. The fraction of sp³-hybridized carbons (Fsp3) is 0.333. The van der Waals surface area contributed by atoms with Crippen molar-refractivity contribution in [2.24, 2.45) is 5.92 Å². The maximum Gasteiger partial charge on any atom is 0.303 e. The van der Waals surface area contributed by atoms with E-state index in [1.165, 1.54) is 11.0 Å². The number of carboxylic acid groups (broad SMARTS) is 1. The lowest BCUT2D eigenvalue weighted by Crippen LogP contribution is -2.50. The van der Waals surface area contributed by atoms with Gasteiger partial charge in [-0.05, 0) is 12.1 Å². The summed E-state index contributed by atoms with van der Waals surface area (Å²) in [5.74, 6) is -2.36. The minimum absolute atomic E-state index is 0.0270. The molecule has 96 valence electrons. The topological polar surface area (TPSA) is 77.8 Å². The van der Waals surface area contributed by atoms with Crippen molar-refractivity contribution in [3.8, 4) is 5.75 Å². The Morgan fingerprint density at radius 3 is 2.61 bits per heavy atom. The second-order valence-corrected chi connectivity index (χ2v) is 4.34. The van der Waals surface area contributed by atoms with Gasteiger partial charge in [-0.15, -0.1) is 0 Å². The smallest absolute Gasteiger partial charge is 0.303 e. The highest BCUT2D eigenvalue weighted by Gasteiger charge is 2.33. The van der Waals surface area contributed by atoms with E-state index in [0.29, 0.717) is 13.1 Å². The van der Waals surface area contributed by atoms with E-state index in [2.05, 4.69) is 0 Å². The van der Waals surface area contributed by atoms with Crippen molar-refractivity contribution in [3.63, 3.8) is 0 Å². The predicted molar refractivity (Wildman–Crippen MR) is 59.7 cm³/mol. The molecule has 0 atom stereocenters. The van der Waals surface area contributed by atoms with Crippen LogP contribution in [0.2, 0.25) is 0 Å². The molecule has 6 heteroatoms. The Kier molecular flexibility index (Phi) is 3.18. The lowest BCUT2D eigenvalue weighted by atomic mass is 9.95. The minimum Gasteiger partial charge on any atom is -0.507 e. The van der Waals surface area contributed by atoms with Gasteiger partial charge in [0, 0.05) is 25.1 Å². The van der Waals surface area contributed by atoms with Gasteiger partial charge in [-0.3, -0.25) is 9.59 Å². The van der Waals surface area contributed by atoms with E-state index in [-0.39, 0.29) is 17.9 Å². The van der Waals surface area contributed by atoms with Crippen molar-refractivity contribution >= 4 is 11.9 Å². The molecule has 2 rings (SSSR count). The summed E-state index contributed by atoms with van der Waals surface area (Å²) in [5, 5.41) is 18.0. The van der Waals surface area contributed by atoms with Crippen molar-refractivity contribution in [2.75, 3.05) is 13.1 Å². The van der Waals surface area contributed by atoms with Crippen LogP contribution in [-0.2, 0) is 4.79 Å². The molecule has 0 bridgehead atoms. The number of nitrogens with zero attached hydrogens (tertiary/aromatic N) is 1. The molecular formula is C12H12FNO4. The highest BCUT2D eigenvalue weighted by Crippen LogP contribution is 2.25. The lowest BCUT2D eigenvalue weighted by molar-refractivity contribution is -0.139. The molecule has 0 unspecified atom stereocenters. The van der Waals surface area contributed by atoms with Crippen LogP contribution in [0.15, 0.2) is 18.2 Å². The van der Waals surface area contributed by atoms with Crippen LogP contribution in [0.25, 0.3) is 0 Å². The standard InChI is InChI=1S/C12H12FNO4/c13-8-1-2-9(10(15)4-8)12(18)14-5-7(6-14)3-11(16)17/h1-2,4,7,15H,3,5-6H2,(H,16,17). The number of rotatable bonds is 3. The third-order valence-electron chi connectivity index (χ3n) is 2.90. The van der Waals surface area contributed by atoms with Gasteiger partial charge in [0.15, 0.2) is 0 Å². The normalized spacial score (nSPS) is 15.3. The number of phenols is 1. The van der Waals surface area contributed by atoms with Gasteiger partial charge in [0.05, 0.1) is 12.0 Å². The minimum atomic E-state index is -0.892. The molecule has 1 aromatic carbocycles. The molecular weight excluding hydrogens is 241 g/mol. The Balaban J connectivity index is 1.99. The molecule has 1 heterocycles. The summed E-state index contributed by atoms with van der Waals surface area (Å²) in [5.41, 5.74) is 0.0326. The van der Waals surface area contributed by atoms with Crippen LogP contribution in [-0.4, -0.2) is 40.1 Å². The van der Waals surface area contributed by atoms with Gasteiger partial charge in [-0.2, -0.15) is 0 Å². The van der Waals surface area contributed by atoms with Crippen LogP contribution in [0.1, 0.15) is 16.8 Å². The number of phenolic OH excluding ortho intramolecular Hbond substituents is 1. The van der Waals surface area contributed by atoms with E-state index in [9.17, 15) is 19.1 Å². The highest BCUT2D eigenvalue weighted by molar-refractivity contribution is 5.97. The van der Waals surface area contributed by atoms with Gasteiger partial charge in [0.2, 0.25) is 0 Å². The number of hydrogen-bond acceptors (Lipinski definition) is 3. The van der Waals surface area contributed by atoms with Gasteiger partial charge >= 0.3 is 5.97 Å². The number of benzene rings is 1. The quantitative estimate of drug-likeness (QED) is 0.844. The predicted octanol–water partition coefficient (Wildman–Crippen LogP) is 1.08.